The lowest BCUT2D eigenvalue weighted by molar-refractivity contribution is 0.0694. The molecule has 0 spiro atoms. The highest BCUT2D eigenvalue weighted by molar-refractivity contribution is 5.87. The number of carbonyl (C=O) groups is 1. The second-order valence-corrected chi connectivity index (χ2v) is 7.35. The number of aromatic carboxylic acids is 1. The average Bonchev–Trinajstić information content (AvgIpc) is 3.12. The Bertz CT molecular complexity index is 1080. The summed E-state index contributed by atoms with van der Waals surface area (Å²) in [6.07, 6.45) is 4.74. The van der Waals surface area contributed by atoms with E-state index in [1.165, 1.54) is 12.3 Å². The molecule has 2 N–H and O–H groups in total. The molecule has 1 aliphatic rings. The third-order valence-electron chi connectivity index (χ3n) is 4.12. The molecule has 0 fully saturated rings. The van der Waals surface area contributed by atoms with Crippen LogP contribution in [0.15, 0.2) is 35.5 Å². The number of rotatable bonds is 3. The maximum absolute atomic E-state index is 12.0. The summed E-state index contributed by atoms with van der Waals surface area (Å²) in [5.41, 5.74) is 2.11. The number of hydrogen-bond donors (Lipinski definition) is 2. The molecular formula is C20H24N6O3. The van der Waals surface area contributed by atoms with E-state index in [-0.39, 0.29) is 5.56 Å². The first-order chi connectivity index (χ1) is 13.8. The summed E-state index contributed by atoms with van der Waals surface area (Å²) in [5, 5.41) is 16.5. The van der Waals surface area contributed by atoms with Gasteiger partial charge < -0.3 is 15.0 Å². The minimum Gasteiger partial charge on any atom is -0.477 e. The Kier molecular flexibility index (Phi) is 5.76. The van der Waals surface area contributed by atoms with Crippen molar-refractivity contribution in [3.63, 3.8) is 0 Å². The third-order valence-corrected chi connectivity index (χ3v) is 4.12. The molecular weight excluding hydrogens is 372 g/mol. The van der Waals surface area contributed by atoms with Crippen LogP contribution in [0.25, 0.3) is 22.6 Å². The van der Waals surface area contributed by atoms with Crippen LogP contribution in [0.1, 0.15) is 31.1 Å². The van der Waals surface area contributed by atoms with Crippen molar-refractivity contribution in [3.05, 3.63) is 46.5 Å². The molecule has 9 heteroatoms. The first-order valence-electron chi connectivity index (χ1n) is 9.36. The van der Waals surface area contributed by atoms with Crippen molar-refractivity contribution in [2.24, 2.45) is 5.92 Å². The van der Waals surface area contributed by atoms with Crippen LogP contribution < -0.4 is 10.7 Å². The smallest absolute Gasteiger partial charge is 0.341 e. The predicted molar refractivity (Wildman–Crippen MR) is 110 cm³/mol. The Balaban J connectivity index is 0.000000552. The highest BCUT2D eigenvalue weighted by atomic mass is 16.4. The molecule has 3 aromatic heterocycles. The molecule has 0 aliphatic carbocycles. The zero-order valence-electron chi connectivity index (χ0n) is 16.9. The minimum absolute atomic E-state index is 0.229. The van der Waals surface area contributed by atoms with Crippen LogP contribution in [0, 0.1) is 5.92 Å². The Morgan fingerprint density at radius 2 is 1.79 bits per heavy atom. The fraction of sp³-hybridized carbons (Fsp3) is 0.350. The van der Waals surface area contributed by atoms with Gasteiger partial charge in [-0.1, -0.05) is 20.8 Å². The Morgan fingerprint density at radius 3 is 2.38 bits per heavy atom. The van der Waals surface area contributed by atoms with Gasteiger partial charge in [0.05, 0.1) is 23.6 Å². The number of aryl methyl sites for hydroxylation is 2. The van der Waals surface area contributed by atoms with Crippen LogP contribution in [-0.4, -0.2) is 42.4 Å². The molecule has 1 aliphatic heterocycles. The van der Waals surface area contributed by atoms with Crippen LogP contribution in [-0.2, 0) is 13.1 Å². The van der Waals surface area contributed by atoms with E-state index in [2.05, 4.69) is 41.2 Å². The van der Waals surface area contributed by atoms with Crippen molar-refractivity contribution < 1.29 is 9.90 Å². The lowest BCUT2D eigenvalue weighted by atomic mass is 10.1. The van der Waals surface area contributed by atoms with E-state index in [1.807, 2.05) is 6.07 Å². The van der Waals surface area contributed by atoms with E-state index in [9.17, 15) is 9.59 Å². The second-order valence-electron chi connectivity index (χ2n) is 7.35. The second kappa shape index (κ2) is 8.26. The summed E-state index contributed by atoms with van der Waals surface area (Å²) in [5.74, 6) is 0.132. The van der Waals surface area contributed by atoms with Crippen LogP contribution in [0.4, 0.5) is 5.95 Å². The molecule has 152 valence electrons. The molecule has 0 saturated carbocycles. The molecule has 0 unspecified atom stereocenters. The summed E-state index contributed by atoms with van der Waals surface area (Å²) in [7, 11) is 1.74. The molecule has 0 saturated heterocycles. The monoisotopic (exact) mass is 396 g/mol. The highest BCUT2D eigenvalue weighted by Gasteiger charge is 2.21. The van der Waals surface area contributed by atoms with Gasteiger partial charge in [0.1, 0.15) is 5.56 Å². The van der Waals surface area contributed by atoms with Crippen molar-refractivity contribution in [2.75, 3.05) is 12.4 Å². The first kappa shape index (κ1) is 20.2. The van der Waals surface area contributed by atoms with Gasteiger partial charge in [0.2, 0.25) is 5.95 Å². The lowest BCUT2D eigenvalue weighted by Gasteiger charge is -2.20. The SMILES string of the molecule is CC(C)C.CNc1ncc(-c2cc3n(n2)CCn2cc(C(=O)O)c(=O)cc2-3)cn1. The number of hydrogen-bond acceptors (Lipinski definition) is 6. The zero-order chi connectivity index (χ0) is 21.1. The maximum atomic E-state index is 12.0. The number of carboxylic acid groups (broad SMARTS) is 1. The topological polar surface area (TPSA) is 115 Å². The number of fused-ring (bicyclic) bond motifs is 3. The van der Waals surface area contributed by atoms with Crippen molar-refractivity contribution in [1.82, 2.24) is 24.3 Å². The van der Waals surface area contributed by atoms with Crippen molar-refractivity contribution >= 4 is 11.9 Å². The van der Waals surface area contributed by atoms with Crippen LogP contribution in [0.2, 0.25) is 0 Å². The van der Waals surface area contributed by atoms with Crippen LogP contribution >= 0.6 is 0 Å². The number of carboxylic acids is 1. The molecule has 3 aromatic rings. The van der Waals surface area contributed by atoms with E-state index in [4.69, 9.17) is 5.11 Å². The van der Waals surface area contributed by atoms with E-state index in [1.54, 1.807) is 28.7 Å². The van der Waals surface area contributed by atoms with E-state index < -0.39 is 11.4 Å². The van der Waals surface area contributed by atoms with Gasteiger partial charge in [-0.25, -0.2) is 14.8 Å². The van der Waals surface area contributed by atoms with E-state index >= 15 is 0 Å². The Hall–Kier alpha value is -3.49. The normalized spacial score (nSPS) is 11.9. The zero-order valence-corrected chi connectivity index (χ0v) is 16.9. The summed E-state index contributed by atoms with van der Waals surface area (Å²) in [4.78, 5) is 31.5. The summed E-state index contributed by atoms with van der Waals surface area (Å²) in [6.45, 7) is 7.62. The van der Waals surface area contributed by atoms with Crippen molar-refractivity contribution in [2.45, 2.75) is 33.9 Å². The molecule has 0 radical (unpaired) electrons. The van der Waals surface area contributed by atoms with Crippen molar-refractivity contribution in [1.29, 1.82) is 0 Å². The number of nitrogens with zero attached hydrogens (tertiary/aromatic N) is 5. The first-order valence-corrected chi connectivity index (χ1v) is 9.36. The predicted octanol–water partition coefficient (Wildman–Crippen LogP) is 2.58. The number of pyridine rings is 1. The van der Waals surface area contributed by atoms with Crippen LogP contribution in [0.5, 0.6) is 0 Å². The maximum Gasteiger partial charge on any atom is 0.341 e. The van der Waals surface area contributed by atoms with Gasteiger partial charge in [0.15, 0.2) is 5.43 Å². The molecule has 0 aromatic carbocycles. The Morgan fingerprint density at radius 1 is 1.14 bits per heavy atom. The van der Waals surface area contributed by atoms with Gasteiger partial charge in [-0.2, -0.15) is 5.10 Å². The van der Waals surface area contributed by atoms with Gasteiger partial charge in [-0.05, 0) is 12.0 Å². The number of anilines is 1. The van der Waals surface area contributed by atoms with Gasteiger partial charge in [0, 0.05) is 43.8 Å². The van der Waals surface area contributed by atoms with E-state index in [0.29, 0.717) is 30.4 Å². The lowest BCUT2D eigenvalue weighted by Crippen LogP contribution is -2.24. The van der Waals surface area contributed by atoms with Gasteiger partial charge in [-0.3, -0.25) is 9.48 Å². The third kappa shape index (κ3) is 4.34. The molecule has 0 atom stereocenters. The molecule has 29 heavy (non-hydrogen) atoms. The minimum atomic E-state index is -1.22. The number of nitrogens with one attached hydrogen (secondary N) is 1. The standard InChI is InChI=1S/C16H14N6O3.C4H10/c1-17-16-18-6-9(7-19-16)11-4-13-12-5-14(23)10(15(24)25)8-21(12)2-3-22(13)20-11;1-4(2)3/h4-8H,2-3H2,1H3,(H,24,25)(H,17,18,19);4H,1-3H3. The van der Waals surface area contributed by atoms with E-state index in [0.717, 1.165) is 17.2 Å². The summed E-state index contributed by atoms with van der Waals surface area (Å²) < 4.78 is 3.57. The fourth-order valence-electron chi connectivity index (χ4n) is 2.87. The van der Waals surface area contributed by atoms with Crippen LogP contribution in [0.3, 0.4) is 0 Å². The molecule has 4 rings (SSSR count). The number of aromatic nitrogens is 5. The molecule has 0 amide bonds. The summed E-state index contributed by atoms with van der Waals surface area (Å²) >= 11 is 0. The highest BCUT2D eigenvalue weighted by Crippen LogP contribution is 2.28. The average molecular weight is 396 g/mol. The Labute approximate surface area is 168 Å². The quantitative estimate of drug-likeness (QED) is 0.699. The molecule has 9 nitrogen and oxygen atoms in total. The van der Waals surface area contributed by atoms with Gasteiger partial charge in [-0.15, -0.1) is 0 Å². The molecule has 0 bridgehead atoms. The molecule has 4 heterocycles. The van der Waals surface area contributed by atoms with Crippen molar-refractivity contribution in [3.8, 4) is 22.6 Å². The largest absolute Gasteiger partial charge is 0.477 e. The van der Waals surface area contributed by atoms with Gasteiger partial charge >= 0.3 is 5.97 Å². The van der Waals surface area contributed by atoms with Gasteiger partial charge in [0.25, 0.3) is 0 Å². The summed E-state index contributed by atoms with van der Waals surface area (Å²) in [6, 6.07) is 3.20. The fourth-order valence-corrected chi connectivity index (χ4v) is 2.87.